The number of fused-ring (bicyclic) bond motifs is 1. The maximum absolute atomic E-state index is 2.35. The van der Waals surface area contributed by atoms with Gasteiger partial charge in [0.1, 0.15) is 0 Å². The Balaban J connectivity index is 2.21. The molecule has 0 aromatic carbocycles. The molecule has 0 saturated heterocycles. The average Bonchev–Trinajstić information content (AvgIpc) is 2.58. The Labute approximate surface area is 80.9 Å². The van der Waals surface area contributed by atoms with Crippen molar-refractivity contribution < 1.29 is 0 Å². The normalized spacial score (nSPS) is 11.1. The highest BCUT2D eigenvalue weighted by molar-refractivity contribution is 7.26. The van der Waals surface area contributed by atoms with E-state index in [4.69, 9.17) is 0 Å². The molecule has 0 amide bonds. The molecule has 64 valence electrons. The van der Waals surface area contributed by atoms with Crippen molar-refractivity contribution in [3.63, 3.8) is 0 Å². The standard InChI is InChI=1S/C10H12S2/c1-2-3-4-8-7-10-9(12-8)5-6-11-10/h5-7H,2-4H2,1H3. The predicted molar refractivity (Wildman–Crippen MR) is 58.3 cm³/mol. The lowest BCUT2D eigenvalue weighted by Crippen LogP contribution is -1.76. The van der Waals surface area contributed by atoms with Crippen molar-refractivity contribution in [2.45, 2.75) is 26.2 Å². The Morgan fingerprint density at radius 3 is 3.00 bits per heavy atom. The Hall–Kier alpha value is -0.340. The van der Waals surface area contributed by atoms with Crippen LogP contribution in [0.5, 0.6) is 0 Å². The van der Waals surface area contributed by atoms with Crippen molar-refractivity contribution in [3.05, 3.63) is 22.4 Å². The van der Waals surface area contributed by atoms with Gasteiger partial charge in [-0.05, 0) is 30.4 Å². The van der Waals surface area contributed by atoms with E-state index in [1.807, 2.05) is 22.7 Å². The van der Waals surface area contributed by atoms with Crippen LogP contribution < -0.4 is 0 Å². The van der Waals surface area contributed by atoms with Crippen LogP contribution in [0, 0.1) is 0 Å². The lowest BCUT2D eigenvalue weighted by molar-refractivity contribution is 0.804. The Kier molecular flexibility index (Phi) is 2.47. The van der Waals surface area contributed by atoms with Crippen molar-refractivity contribution in [1.82, 2.24) is 0 Å². The molecule has 0 bridgehead atoms. The molecule has 0 unspecified atom stereocenters. The zero-order chi connectivity index (χ0) is 8.39. The molecule has 2 heteroatoms. The fourth-order valence-electron chi connectivity index (χ4n) is 1.29. The van der Waals surface area contributed by atoms with Gasteiger partial charge >= 0.3 is 0 Å². The van der Waals surface area contributed by atoms with Crippen molar-refractivity contribution in [2.75, 3.05) is 0 Å². The first-order valence-corrected chi connectivity index (χ1v) is 6.05. The molecule has 0 N–H and O–H groups in total. The van der Waals surface area contributed by atoms with Gasteiger partial charge in [0, 0.05) is 14.3 Å². The second-order valence-corrected chi connectivity index (χ2v) is 5.08. The van der Waals surface area contributed by atoms with E-state index < -0.39 is 0 Å². The summed E-state index contributed by atoms with van der Waals surface area (Å²) < 4.78 is 2.93. The van der Waals surface area contributed by atoms with Gasteiger partial charge in [0.05, 0.1) is 0 Å². The van der Waals surface area contributed by atoms with Gasteiger partial charge in [-0.25, -0.2) is 0 Å². The summed E-state index contributed by atoms with van der Waals surface area (Å²) in [5, 5.41) is 2.17. The topological polar surface area (TPSA) is 0 Å². The van der Waals surface area contributed by atoms with Crippen molar-refractivity contribution in [2.24, 2.45) is 0 Å². The molecule has 0 aliphatic carbocycles. The third kappa shape index (κ3) is 1.54. The smallest absolute Gasteiger partial charge is 0.0453 e. The van der Waals surface area contributed by atoms with Gasteiger partial charge < -0.3 is 0 Å². The van der Waals surface area contributed by atoms with Gasteiger partial charge in [-0.15, -0.1) is 22.7 Å². The van der Waals surface area contributed by atoms with Gasteiger partial charge in [-0.2, -0.15) is 0 Å². The molecule has 0 nitrogen and oxygen atoms in total. The zero-order valence-electron chi connectivity index (χ0n) is 7.17. The summed E-state index contributed by atoms with van der Waals surface area (Å²) in [6.45, 7) is 2.25. The van der Waals surface area contributed by atoms with Crippen LogP contribution in [0.15, 0.2) is 17.5 Å². The Morgan fingerprint density at radius 2 is 2.25 bits per heavy atom. The van der Waals surface area contributed by atoms with Crippen LogP contribution in [0.1, 0.15) is 24.6 Å². The fraction of sp³-hybridized carbons (Fsp3) is 0.400. The minimum Gasteiger partial charge on any atom is -0.143 e. The molecular weight excluding hydrogens is 184 g/mol. The highest BCUT2D eigenvalue weighted by atomic mass is 32.1. The van der Waals surface area contributed by atoms with E-state index >= 15 is 0 Å². The molecule has 2 aromatic rings. The minimum absolute atomic E-state index is 1.27. The highest BCUT2D eigenvalue weighted by Gasteiger charge is 2.01. The van der Waals surface area contributed by atoms with E-state index in [-0.39, 0.29) is 0 Å². The van der Waals surface area contributed by atoms with Gasteiger partial charge in [-0.3, -0.25) is 0 Å². The lowest BCUT2D eigenvalue weighted by Gasteiger charge is -1.90. The van der Waals surface area contributed by atoms with Crippen LogP contribution in [0.3, 0.4) is 0 Å². The van der Waals surface area contributed by atoms with E-state index in [9.17, 15) is 0 Å². The minimum atomic E-state index is 1.27. The van der Waals surface area contributed by atoms with Gasteiger partial charge in [0.15, 0.2) is 0 Å². The molecule has 2 rings (SSSR count). The summed E-state index contributed by atoms with van der Waals surface area (Å²) in [6.07, 6.45) is 3.89. The van der Waals surface area contributed by atoms with E-state index in [2.05, 4.69) is 24.4 Å². The number of hydrogen-bond donors (Lipinski definition) is 0. The van der Waals surface area contributed by atoms with Crippen LogP contribution in [-0.2, 0) is 6.42 Å². The first-order valence-electron chi connectivity index (χ1n) is 4.36. The average molecular weight is 196 g/mol. The summed E-state index contributed by atoms with van der Waals surface area (Å²) in [4.78, 5) is 1.55. The van der Waals surface area contributed by atoms with Gasteiger partial charge in [0.2, 0.25) is 0 Å². The summed E-state index contributed by atoms with van der Waals surface area (Å²) in [5.74, 6) is 0. The number of rotatable bonds is 3. The molecule has 0 radical (unpaired) electrons. The molecule has 12 heavy (non-hydrogen) atoms. The van der Waals surface area contributed by atoms with E-state index in [1.54, 1.807) is 4.88 Å². The van der Waals surface area contributed by atoms with Gasteiger partial charge in [0.25, 0.3) is 0 Å². The van der Waals surface area contributed by atoms with Crippen molar-refractivity contribution in [3.8, 4) is 0 Å². The summed E-state index contributed by atoms with van der Waals surface area (Å²) >= 11 is 3.81. The summed E-state index contributed by atoms with van der Waals surface area (Å²) in [7, 11) is 0. The largest absolute Gasteiger partial charge is 0.143 e. The molecule has 0 aliphatic heterocycles. The molecule has 2 heterocycles. The van der Waals surface area contributed by atoms with Crippen LogP contribution in [0.4, 0.5) is 0 Å². The van der Waals surface area contributed by atoms with Crippen LogP contribution >= 0.6 is 22.7 Å². The van der Waals surface area contributed by atoms with Crippen LogP contribution in [0.2, 0.25) is 0 Å². The zero-order valence-corrected chi connectivity index (χ0v) is 8.80. The summed E-state index contributed by atoms with van der Waals surface area (Å²) in [5.41, 5.74) is 0. The Morgan fingerprint density at radius 1 is 1.33 bits per heavy atom. The molecular formula is C10H12S2. The van der Waals surface area contributed by atoms with E-state index in [0.29, 0.717) is 0 Å². The maximum Gasteiger partial charge on any atom is 0.0453 e. The highest BCUT2D eigenvalue weighted by Crippen LogP contribution is 2.30. The number of aryl methyl sites for hydroxylation is 1. The van der Waals surface area contributed by atoms with Crippen molar-refractivity contribution in [1.29, 1.82) is 0 Å². The monoisotopic (exact) mass is 196 g/mol. The first kappa shape index (κ1) is 8.27. The van der Waals surface area contributed by atoms with Crippen molar-refractivity contribution >= 4 is 32.1 Å². The number of unbranched alkanes of at least 4 members (excludes halogenated alkanes) is 1. The molecule has 2 aromatic heterocycles. The maximum atomic E-state index is 2.35. The van der Waals surface area contributed by atoms with E-state index in [1.165, 1.54) is 28.7 Å². The quantitative estimate of drug-likeness (QED) is 0.686. The second-order valence-electron chi connectivity index (χ2n) is 2.97. The summed E-state index contributed by atoms with van der Waals surface area (Å²) in [6, 6.07) is 4.57. The molecule has 0 aliphatic rings. The first-order chi connectivity index (χ1) is 5.90. The number of thiophene rings is 2. The molecule has 0 atom stereocenters. The molecule has 0 spiro atoms. The fourth-order valence-corrected chi connectivity index (χ4v) is 3.47. The van der Waals surface area contributed by atoms with E-state index in [0.717, 1.165) is 0 Å². The van der Waals surface area contributed by atoms with Gasteiger partial charge in [-0.1, -0.05) is 13.3 Å². The third-order valence-electron chi connectivity index (χ3n) is 1.97. The molecule has 0 saturated carbocycles. The number of hydrogen-bond acceptors (Lipinski definition) is 2. The van der Waals surface area contributed by atoms with Crippen LogP contribution in [-0.4, -0.2) is 0 Å². The Bertz CT molecular complexity index is 328. The second kappa shape index (κ2) is 3.58. The lowest BCUT2D eigenvalue weighted by atomic mass is 10.2. The SMILES string of the molecule is CCCCc1cc2sccc2s1. The van der Waals surface area contributed by atoms with Crippen LogP contribution in [0.25, 0.3) is 9.40 Å². The third-order valence-corrected chi connectivity index (χ3v) is 4.12. The molecule has 0 fully saturated rings. The predicted octanol–water partition coefficient (Wildman–Crippen LogP) is 4.31.